The Labute approximate surface area is 137 Å². The zero-order valence-corrected chi connectivity index (χ0v) is 14.0. The quantitative estimate of drug-likeness (QED) is 0.726. The SMILES string of the molecule is COc1ccc(OC)c(C(=O)Cc2ccc(Br)cc2Cl)c1. The molecule has 0 spiro atoms. The molecule has 0 aliphatic rings. The summed E-state index contributed by atoms with van der Waals surface area (Å²) in [6.07, 6.45) is 0.204. The molecule has 5 heteroatoms. The van der Waals surface area contributed by atoms with Gasteiger partial charge in [-0.25, -0.2) is 0 Å². The second-order valence-electron chi connectivity index (χ2n) is 4.40. The highest BCUT2D eigenvalue weighted by Gasteiger charge is 2.15. The van der Waals surface area contributed by atoms with Gasteiger partial charge in [0.15, 0.2) is 5.78 Å². The maximum Gasteiger partial charge on any atom is 0.171 e. The van der Waals surface area contributed by atoms with Crippen LogP contribution in [0.5, 0.6) is 11.5 Å². The first kappa shape index (κ1) is 15.9. The Hall–Kier alpha value is -1.52. The van der Waals surface area contributed by atoms with Crippen LogP contribution in [-0.2, 0) is 6.42 Å². The molecule has 0 N–H and O–H groups in total. The van der Waals surface area contributed by atoms with Gasteiger partial charge in [0, 0.05) is 15.9 Å². The van der Waals surface area contributed by atoms with Gasteiger partial charge in [-0.2, -0.15) is 0 Å². The number of methoxy groups -OCH3 is 2. The lowest BCUT2D eigenvalue weighted by molar-refractivity contribution is 0.0989. The number of Topliss-reactive ketones (excluding diaryl/α,β-unsaturated/α-hetero) is 1. The molecule has 21 heavy (non-hydrogen) atoms. The average Bonchev–Trinajstić information content (AvgIpc) is 2.49. The zero-order valence-electron chi connectivity index (χ0n) is 11.7. The molecule has 2 rings (SSSR count). The number of halogens is 2. The van der Waals surface area contributed by atoms with E-state index in [-0.39, 0.29) is 12.2 Å². The molecule has 0 radical (unpaired) electrons. The molecule has 0 heterocycles. The molecule has 0 aliphatic heterocycles. The molecule has 2 aromatic carbocycles. The number of carbonyl (C=O) groups is 1. The third-order valence-electron chi connectivity index (χ3n) is 3.07. The summed E-state index contributed by atoms with van der Waals surface area (Å²) in [5.41, 5.74) is 1.26. The van der Waals surface area contributed by atoms with Crippen LogP contribution >= 0.6 is 27.5 Å². The van der Waals surface area contributed by atoms with E-state index in [2.05, 4.69) is 15.9 Å². The van der Waals surface area contributed by atoms with Gasteiger partial charge in [-0.15, -0.1) is 0 Å². The predicted molar refractivity (Wildman–Crippen MR) is 86.7 cm³/mol. The molecule has 0 bridgehead atoms. The molecular weight excluding hydrogens is 356 g/mol. The number of carbonyl (C=O) groups excluding carboxylic acids is 1. The van der Waals surface area contributed by atoms with E-state index in [1.807, 2.05) is 12.1 Å². The fourth-order valence-electron chi connectivity index (χ4n) is 1.97. The Morgan fingerprint density at radius 3 is 2.52 bits per heavy atom. The molecule has 2 aromatic rings. The van der Waals surface area contributed by atoms with Crippen LogP contribution in [0.25, 0.3) is 0 Å². The summed E-state index contributed by atoms with van der Waals surface area (Å²) in [6, 6.07) is 10.6. The standard InChI is InChI=1S/C16H14BrClO3/c1-20-12-5-6-16(21-2)13(9-12)15(19)7-10-3-4-11(17)8-14(10)18/h3-6,8-9H,7H2,1-2H3. The van der Waals surface area contributed by atoms with Crippen molar-refractivity contribution in [1.29, 1.82) is 0 Å². The normalized spacial score (nSPS) is 10.3. The minimum atomic E-state index is -0.0741. The summed E-state index contributed by atoms with van der Waals surface area (Å²) in [5.74, 6) is 1.06. The Balaban J connectivity index is 2.31. The molecule has 0 aromatic heterocycles. The largest absolute Gasteiger partial charge is 0.497 e. The van der Waals surface area contributed by atoms with Crippen molar-refractivity contribution >= 4 is 33.3 Å². The molecule has 0 saturated carbocycles. The van der Waals surface area contributed by atoms with Crippen molar-refractivity contribution < 1.29 is 14.3 Å². The first-order valence-corrected chi connectivity index (χ1v) is 7.41. The van der Waals surface area contributed by atoms with Crippen molar-refractivity contribution in [3.63, 3.8) is 0 Å². The van der Waals surface area contributed by atoms with E-state index >= 15 is 0 Å². The number of hydrogen-bond acceptors (Lipinski definition) is 3. The molecule has 0 saturated heterocycles. The van der Waals surface area contributed by atoms with Crippen LogP contribution in [0.1, 0.15) is 15.9 Å². The van der Waals surface area contributed by atoms with Crippen molar-refractivity contribution in [2.45, 2.75) is 6.42 Å². The molecule has 0 amide bonds. The smallest absolute Gasteiger partial charge is 0.171 e. The fourth-order valence-corrected chi connectivity index (χ4v) is 2.71. The highest BCUT2D eigenvalue weighted by Crippen LogP contribution is 2.27. The molecule has 110 valence electrons. The zero-order chi connectivity index (χ0) is 15.4. The van der Waals surface area contributed by atoms with Gasteiger partial charge in [-0.05, 0) is 35.9 Å². The van der Waals surface area contributed by atoms with Gasteiger partial charge >= 0.3 is 0 Å². The predicted octanol–water partition coefficient (Wildman–Crippen LogP) is 4.55. The Morgan fingerprint density at radius 2 is 1.90 bits per heavy atom. The Kier molecular flexibility index (Phi) is 5.26. The van der Waals surface area contributed by atoms with Crippen LogP contribution in [0.4, 0.5) is 0 Å². The second kappa shape index (κ2) is 6.96. The first-order valence-electron chi connectivity index (χ1n) is 6.24. The molecule has 0 unspecified atom stereocenters. The van der Waals surface area contributed by atoms with Gasteiger partial charge in [0.1, 0.15) is 11.5 Å². The summed E-state index contributed by atoms with van der Waals surface area (Å²) in [6.45, 7) is 0. The monoisotopic (exact) mass is 368 g/mol. The van der Waals surface area contributed by atoms with Crippen LogP contribution in [0.3, 0.4) is 0 Å². The lowest BCUT2D eigenvalue weighted by Crippen LogP contribution is -2.06. The Bertz CT molecular complexity index is 671. The van der Waals surface area contributed by atoms with Gasteiger partial charge < -0.3 is 9.47 Å². The summed E-state index contributed by atoms with van der Waals surface area (Å²) in [5, 5.41) is 0.555. The third-order valence-corrected chi connectivity index (χ3v) is 3.92. The maximum absolute atomic E-state index is 12.5. The van der Waals surface area contributed by atoms with E-state index in [0.717, 1.165) is 10.0 Å². The van der Waals surface area contributed by atoms with Gasteiger partial charge in [-0.1, -0.05) is 33.6 Å². The number of ketones is 1. The van der Waals surface area contributed by atoms with Crippen LogP contribution in [0.2, 0.25) is 5.02 Å². The topological polar surface area (TPSA) is 35.5 Å². The Morgan fingerprint density at radius 1 is 1.14 bits per heavy atom. The van der Waals surface area contributed by atoms with Crippen LogP contribution in [0.15, 0.2) is 40.9 Å². The molecule has 0 fully saturated rings. The molecular formula is C16H14BrClO3. The summed E-state index contributed by atoms with van der Waals surface area (Å²) < 4.78 is 11.3. The number of ether oxygens (including phenoxy) is 2. The lowest BCUT2D eigenvalue weighted by atomic mass is 10.0. The van der Waals surface area contributed by atoms with Crippen molar-refractivity contribution in [2.24, 2.45) is 0 Å². The highest BCUT2D eigenvalue weighted by molar-refractivity contribution is 9.10. The van der Waals surface area contributed by atoms with Crippen molar-refractivity contribution in [3.05, 3.63) is 57.0 Å². The lowest BCUT2D eigenvalue weighted by Gasteiger charge is -2.10. The van der Waals surface area contributed by atoms with Crippen LogP contribution in [0, 0.1) is 0 Å². The van der Waals surface area contributed by atoms with Crippen molar-refractivity contribution in [2.75, 3.05) is 14.2 Å². The molecule has 3 nitrogen and oxygen atoms in total. The summed E-state index contributed by atoms with van der Waals surface area (Å²) in [7, 11) is 3.09. The van der Waals surface area contributed by atoms with E-state index in [1.54, 1.807) is 31.4 Å². The van der Waals surface area contributed by atoms with E-state index in [4.69, 9.17) is 21.1 Å². The minimum absolute atomic E-state index is 0.0741. The number of hydrogen-bond donors (Lipinski definition) is 0. The van der Waals surface area contributed by atoms with E-state index in [1.165, 1.54) is 7.11 Å². The molecule has 0 aliphatic carbocycles. The highest BCUT2D eigenvalue weighted by atomic mass is 79.9. The first-order chi connectivity index (χ1) is 10.0. The van der Waals surface area contributed by atoms with Crippen molar-refractivity contribution in [1.82, 2.24) is 0 Å². The van der Waals surface area contributed by atoms with E-state index < -0.39 is 0 Å². The summed E-state index contributed by atoms with van der Waals surface area (Å²) in [4.78, 5) is 12.5. The van der Waals surface area contributed by atoms with Crippen molar-refractivity contribution in [3.8, 4) is 11.5 Å². The second-order valence-corrected chi connectivity index (χ2v) is 5.72. The fraction of sp³-hybridized carbons (Fsp3) is 0.188. The molecule has 0 atom stereocenters. The van der Waals surface area contributed by atoms with Gasteiger partial charge in [0.05, 0.1) is 19.8 Å². The average molecular weight is 370 g/mol. The number of rotatable bonds is 5. The van der Waals surface area contributed by atoms with Gasteiger partial charge in [0.2, 0.25) is 0 Å². The van der Waals surface area contributed by atoms with E-state index in [9.17, 15) is 4.79 Å². The summed E-state index contributed by atoms with van der Waals surface area (Å²) >= 11 is 9.50. The van der Waals surface area contributed by atoms with Crippen LogP contribution in [-0.4, -0.2) is 20.0 Å². The van der Waals surface area contributed by atoms with E-state index in [0.29, 0.717) is 22.1 Å². The van der Waals surface area contributed by atoms with Gasteiger partial charge in [-0.3, -0.25) is 4.79 Å². The van der Waals surface area contributed by atoms with Gasteiger partial charge in [0.25, 0.3) is 0 Å². The van der Waals surface area contributed by atoms with Crippen LogP contribution < -0.4 is 9.47 Å². The maximum atomic E-state index is 12.5. The minimum Gasteiger partial charge on any atom is -0.497 e. The number of benzene rings is 2. The third kappa shape index (κ3) is 3.77.